The molecule has 0 radical (unpaired) electrons. The van der Waals surface area contributed by atoms with Crippen LogP contribution in [0.5, 0.6) is 28.7 Å². The number of fused-ring (bicyclic) bond motifs is 4. The fraction of sp³-hybridized carbons (Fsp3) is 0.433. The van der Waals surface area contributed by atoms with Crippen LogP contribution in [0.25, 0.3) is 21.9 Å². The molecule has 12 nitrogen and oxygen atoms in total. The molecule has 4 heterocycles. The van der Waals surface area contributed by atoms with E-state index in [4.69, 9.17) is 42.6 Å². The predicted octanol–water partition coefficient (Wildman–Crippen LogP) is 2.90. The maximum Gasteiger partial charge on any atom is 0.339 e. The average molecular weight is 583 g/mol. The molecule has 222 valence electrons. The van der Waals surface area contributed by atoms with E-state index in [1.54, 1.807) is 38.1 Å². The molecule has 0 spiro atoms. The van der Waals surface area contributed by atoms with Gasteiger partial charge >= 0.3 is 5.97 Å². The van der Waals surface area contributed by atoms with Gasteiger partial charge in [0.2, 0.25) is 13.1 Å². The van der Waals surface area contributed by atoms with Crippen molar-refractivity contribution in [2.45, 2.75) is 56.9 Å². The second-order valence-electron chi connectivity index (χ2n) is 10.9. The van der Waals surface area contributed by atoms with E-state index in [1.165, 1.54) is 14.2 Å². The number of hydrogen-bond acceptors (Lipinski definition) is 12. The number of aliphatic hydroxyl groups is 2. The molecule has 5 atom stereocenters. The van der Waals surface area contributed by atoms with Gasteiger partial charge in [-0.05, 0) is 49.1 Å². The molecule has 2 N–H and O–H groups in total. The second-order valence-corrected chi connectivity index (χ2v) is 10.9. The van der Waals surface area contributed by atoms with Crippen LogP contribution in [-0.4, -0.2) is 80.3 Å². The fourth-order valence-corrected chi connectivity index (χ4v) is 6.11. The minimum Gasteiger partial charge on any atom is -0.493 e. The molecule has 3 aromatic carbocycles. The van der Waals surface area contributed by atoms with Crippen molar-refractivity contribution >= 4 is 16.7 Å². The minimum atomic E-state index is -1.28. The van der Waals surface area contributed by atoms with E-state index in [9.17, 15) is 15.0 Å². The third-order valence-corrected chi connectivity index (χ3v) is 7.94. The molecule has 0 aromatic heterocycles. The van der Waals surface area contributed by atoms with Gasteiger partial charge in [0.1, 0.15) is 36.8 Å². The molecule has 0 amide bonds. The third-order valence-electron chi connectivity index (χ3n) is 7.94. The highest BCUT2D eigenvalue weighted by Gasteiger charge is 2.55. The summed E-state index contributed by atoms with van der Waals surface area (Å²) in [4.78, 5) is 13.3. The van der Waals surface area contributed by atoms with Crippen molar-refractivity contribution in [3.63, 3.8) is 0 Å². The van der Waals surface area contributed by atoms with Gasteiger partial charge in [0, 0.05) is 16.5 Å². The minimum absolute atomic E-state index is 0.0731. The van der Waals surface area contributed by atoms with Crippen molar-refractivity contribution in [3.05, 3.63) is 41.5 Å². The maximum atomic E-state index is 13.3. The van der Waals surface area contributed by atoms with E-state index in [1.807, 2.05) is 6.07 Å². The first kappa shape index (κ1) is 27.0. The van der Waals surface area contributed by atoms with Gasteiger partial charge in [-0.3, -0.25) is 0 Å². The monoisotopic (exact) mass is 582 g/mol. The zero-order valence-electron chi connectivity index (χ0n) is 23.4. The first-order chi connectivity index (χ1) is 20.2. The number of rotatable bonds is 6. The van der Waals surface area contributed by atoms with Gasteiger partial charge in [0.15, 0.2) is 28.8 Å². The molecule has 2 fully saturated rings. The molecule has 42 heavy (non-hydrogen) atoms. The summed E-state index contributed by atoms with van der Waals surface area (Å²) in [5.74, 6) is 0.728. The van der Waals surface area contributed by atoms with Gasteiger partial charge in [0.25, 0.3) is 0 Å². The standard InChI is InChI=1S/C30H30O12/c1-30(2)41-26-21(10-31)39-29(24(32)27(26)42-30)40-25-15-9-19(35-4)18(34-3)8-14(15)22(23-16(25)11-36-28(23)33)13-5-6-17-20(7-13)38-12-37-17/h5-9,21,24,26-27,29,31-32H,10-12H2,1-4H3/t21-,24-,26+,27-,29+/m1/s1. The highest BCUT2D eigenvalue weighted by molar-refractivity contribution is 6.14. The summed E-state index contributed by atoms with van der Waals surface area (Å²) in [6.45, 7) is 3.09. The van der Waals surface area contributed by atoms with Crippen molar-refractivity contribution in [1.29, 1.82) is 0 Å². The van der Waals surface area contributed by atoms with Crippen LogP contribution in [0.2, 0.25) is 0 Å². The van der Waals surface area contributed by atoms with Gasteiger partial charge in [-0.1, -0.05) is 6.07 Å². The second kappa shape index (κ2) is 9.89. The molecule has 2 saturated heterocycles. The Bertz CT molecular complexity index is 1580. The summed E-state index contributed by atoms with van der Waals surface area (Å²) < 4.78 is 52.2. The lowest BCUT2D eigenvalue weighted by atomic mass is 9.89. The lowest BCUT2D eigenvalue weighted by Crippen LogP contribution is -2.58. The molecule has 0 saturated carbocycles. The van der Waals surface area contributed by atoms with Gasteiger partial charge in [-0.2, -0.15) is 0 Å². The first-order valence-electron chi connectivity index (χ1n) is 13.5. The number of benzene rings is 3. The Morgan fingerprint density at radius 1 is 0.929 bits per heavy atom. The van der Waals surface area contributed by atoms with E-state index < -0.39 is 42.5 Å². The number of carbonyl (C=O) groups excluding carboxylic acids is 1. The Kier molecular flexibility index (Phi) is 6.37. The SMILES string of the molecule is COc1cc2c(O[C@@H]3O[C@H](CO)[C@@H]4OC(C)(C)O[C@@H]4[C@H]3O)c3c(c(-c4ccc5c(c4)OCO5)c2cc1OC)C(=O)OC3. The molecule has 4 aliphatic rings. The van der Waals surface area contributed by atoms with Crippen molar-refractivity contribution in [2.75, 3.05) is 27.6 Å². The van der Waals surface area contributed by atoms with Crippen LogP contribution in [0.15, 0.2) is 30.3 Å². The molecule has 4 aliphatic heterocycles. The van der Waals surface area contributed by atoms with Crippen LogP contribution in [0.4, 0.5) is 0 Å². The van der Waals surface area contributed by atoms with Crippen LogP contribution in [-0.2, 0) is 25.6 Å². The number of hydrogen-bond donors (Lipinski definition) is 2. The van der Waals surface area contributed by atoms with Crippen molar-refractivity contribution < 1.29 is 57.6 Å². The number of esters is 1. The molecule has 3 aromatic rings. The molecule has 0 unspecified atom stereocenters. The Morgan fingerprint density at radius 3 is 2.38 bits per heavy atom. The van der Waals surface area contributed by atoms with E-state index in [-0.39, 0.29) is 25.8 Å². The lowest BCUT2D eigenvalue weighted by molar-refractivity contribution is -0.254. The summed E-state index contributed by atoms with van der Waals surface area (Å²) >= 11 is 0. The smallest absolute Gasteiger partial charge is 0.339 e. The van der Waals surface area contributed by atoms with E-state index in [0.717, 1.165) is 0 Å². The summed E-state index contributed by atoms with van der Waals surface area (Å²) in [6, 6.07) is 8.92. The van der Waals surface area contributed by atoms with Gasteiger partial charge < -0.3 is 52.8 Å². The summed E-state index contributed by atoms with van der Waals surface area (Å²) in [5.41, 5.74) is 2.04. The Labute approximate surface area is 240 Å². The highest BCUT2D eigenvalue weighted by atomic mass is 16.8. The summed E-state index contributed by atoms with van der Waals surface area (Å²) in [5, 5.41) is 22.6. The largest absolute Gasteiger partial charge is 0.493 e. The zero-order valence-corrected chi connectivity index (χ0v) is 23.4. The maximum absolute atomic E-state index is 13.3. The van der Waals surface area contributed by atoms with E-state index in [2.05, 4.69) is 0 Å². The average Bonchev–Trinajstić information content (AvgIpc) is 3.70. The van der Waals surface area contributed by atoms with Crippen molar-refractivity contribution in [3.8, 4) is 39.9 Å². The third kappa shape index (κ3) is 4.13. The molecule has 0 aliphatic carbocycles. The van der Waals surface area contributed by atoms with Crippen LogP contribution in [0, 0.1) is 0 Å². The van der Waals surface area contributed by atoms with Crippen LogP contribution < -0.4 is 23.7 Å². The Morgan fingerprint density at radius 2 is 1.64 bits per heavy atom. The Hall–Kier alpha value is -3.81. The van der Waals surface area contributed by atoms with Gasteiger partial charge in [0.05, 0.1) is 26.4 Å². The molecular formula is C30H30O12. The number of methoxy groups -OCH3 is 2. The van der Waals surface area contributed by atoms with Crippen LogP contribution in [0.1, 0.15) is 29.8 Å². The Balaban J connectivity index is 1.42. The molecule has 7 rings (SSSR count). The molecule has 0 bridgehead atoms. The van der Waals surface area contributed by atoms with Gasteiger partial charge in [-0.25, -0.2) is 4.79 Å². The molecular weight excluding hydrogens is 552 g/mol. The number of ether oxygens (including phenoxy) is 9. The van der Waals surface area contributed by atoms with Gasteiger partial charge in [-0.15, -0.1) is 0 Å². The number of carbonyl (C=O) groups is 1. The summed E-state index contributed by atoms with van der Waals surface area (Å²) in [6.07, 6.45) is -4.91. The number of cyclic esters (lactones) is 1. The van der Waals surface area contributed by atoms with Crippen molar-refractivity contribution in [2.24, 2.45) is 0 Å². The topological polar surface area (TPSA) is 141 Å². The highest BCUT2D eigenvalue weighted by Crippen LogP contribution is 2.50. The zero-order chi connectivity index (χ0) is 29.3. The normalized spacial score (nSPS) is 27.0. The van der Waals surface area contributed by atoms with Crippen LogP contribution >= 0.6 is 0 Å². The van der Waals surface area contributed by atoms with Crippen LogP contribution in [0.3, 0.4) is 0 Å². The predicted molar refractivity (Wildman–Crippen MR) is 144 cm³/mol. The summed E-state index contributed by atoms with van der Waals surface area (Å²) in [7, 11) is 3.04. The first-order valence-corrected chi connectivity index (χ1v) is 13.5. The van der Waals surface area contributed by atoms with E-state index >= 15 is 0 Å². The molecule has 12 heteroatoms. The van der Waals surface area contributed by atoms with E-state index in [0.29, 0.717) is 56.0 Å². The lowest BCUT2D eigenvalue weighted by Gasteiger charge is -2.39. The number of aliphatic hydroxyl groups excluding tert-OH is 2. The van der Waals surface area contributed by atoms with Crippen molar-refractivity contribution in [1.82, 2.24) is 0 Å². The quantitative estimate of drug-likeness (QED) is 0.413. The fourth-order valence-electron chi connectivity index (χ4n) is 6.11.